The van der Waals surface area contributed by atoms with E-state index < -0.39 is 0 Å². The number of aliphatic imine (C=N–C) groups is 2. The number of carbonyl (C=O) groups excluding carboxylic acids is 3. The molecule has 0 atom stereocenters. The van der Waals surface area contributed by atoms with Crippen molar-refractivity contribution >= 4 is 17.9 Å². The van der Waals surface area contributed by atoms with E-state index in [9.17, 15) is 14.4 Å². The SMILES string of the molecule is O=C=NCCCCC(=O)CN=C=O. The highest BCUT2D eigenvalue weighted by atomic mass is 16.1. The summed E-state index contributed by atoms with van der Waals surface area (Å²) in [5, 5.41) is 0. The highest BCUT2D eigenvalue weighted by molar-refractivity contribution is 5.81. The molecule has 13 heavy (non-hydrogen) atoms. The summed E-state index contributed by atoms with van der Waals surface area (Å²) in [7, 11) is 0. The van der Waals surface area contributed by atoms with Crippen LogP contribution in [-0.4, -0.2) is 31.0 Å². The predicted molar refractivity (Wildman–Crippen MR) is 44.8 cm³/mol. The third kappa shape index (κ3) is 8.34. The van der Waals surface area contributed by atoms with Crippen molar-refractivity contribution in [2.45, 2.75) is 19.3 Å². The van der Waals surface area contributed by atoms with E-state index in [0.717, 1.165) is 0 Å². The van der Waals surface area contributed by atoms with Crippen LogP contribution < -0.4 is 0 Å². The van der Waals surface area contributed by atoms with Crippen molar-refractivity contribution in [3.63, 3.8) is 0 Å². The van der Waals surface area contributed by atoms with E-state index >= 15 is 0 Å². The largest absolute Gasteiger partial charge is 0.298 e. The van der Waals surface area contributed by atoms with E-state index in [1.807, 2.05) is 0 Å². The van der Waals surface area contributed by atoms with E-state index in [2.05, 4.69) is 9.98 Å². The quantitative estimate of drug-likeness (QED) is 0.325. The Morgan fingerprint density at radius 2 is 1.77 bits per heavy atom. The molecule has 70 valence electrons. The summed E-state index contributed by atoms with van der Waals surface area (Å²) in [4.78, 5) is 36.6. The molecule has 0 aromatic heterocycles. The molecule has 0 bridgehead atoms. The molecule has 5 nitrogen and oxygen atoms in total. The van der Waals surface area contributed by atoms with Crippen LogP contribution in [0, 0.1) is 0 Å². The fraction of sp³-hybridized carbons (Fsp3) is 0.625. The number of rotatable bonds is 7. The number of hydrogen-bond acceptors (Lipinski definition) is 5. The smallest absolute Gasteiger partial charge is 0.235 e. The topological polar surface area (TPSA) is 75.9 Å². The molecule has 0 aromatic carbocycles. The minimum absolute atomic E-state index is 0.0968. The predicted octanol–water partition coefficient (Wildman–Crippen LogP) is 0.397. The van der Waals surface area contributed by atoms with Gasteiger partial charge in [-0.1, -0.05) is 0 Å². The molecule has 0 aliphatic rings. The third-order valence-electron chi connectivity index (χ3n) is 1.36. The maximum absolute atomic E-state index is 10.9. The summed E-state index contributed by atoms with van der Waals surface area (Å²) in [6.45, 7) is 0.300. The van der Waals surface area contributed by atoms with Crippen molar-refractivity contribution < 1.29 is 14.4 Å². The first-order valence-electron chi connectivity index (χ1n) is 3.90. The lowest BCUT2D eigenvalue weighted by molar-refractivity contribution is -0.117. The van der Waals surface area contributed by atoms with E-state index in [1.54, 1.807) is 0 Å². The summed E-state index contributed by atoms with van der Waals surface area (Å²) in [6, 6.07) is 0. The van der Waals surface area contributed by atoms with Gasteiger partial charge in [0.1, 0.15) is 6.54 Å². The van der Waals surface area contributed by atoms with Crippen molar-refractivity contribution in [1.82, 2.24) is 0 Å². The average molecular weight is 182 g/mol. The van der Waals surface area contributed by atoms with Crippen molar-refractivity contribution in [1.29, 1.82) is 0 Å². The van der Waals surface area contributed by atoms with Gasteiger partial charge in [-0.2, -0.15) is 4.99 Å². The van der Waals surface area contributed by atoms with Gasteiger partial charge in [0.15, 0.2) is 5.78 Å². The lowest BCUT2D eigenvalue weighted by Crippen LogP contribution is -2.01. The Morgan fingerprint density at radius 3 is 2.38 bits per heavy atom. The molecular formula is C8H10N2O3. The van der Waals surface area contributed by atoms with Gasteiger partial charge in [-0.3, -0.25) is 4.79 Å². The number of Topliss-reactive ketones (excluding diaryl/α,β-unsaturated/α-hetero) is 1. The Hall–Kier alpha value is -1.57. The third-order valence-corrected chi connectivity index (χ3v) is 1.36. The number of nitrogens with zero attached hydrogens (tertiary/aromatic N) is 2. The molecule has 0 saturated heterocycles. The van der Waals surface area contributed by atoms with Crippen LogP contribution in [0.1, 0.15) is 19.3 Å². The van der Waals surface area contributed by atoms with Crippen LogP contribution in [0.25, 0.3) is 0 Å². The molecule has 0 fully saturated rings. The fourth-order valence-corrected chi connectivity index (χ4v) is 0.758. The monoisotopic (exact) mass is 182 g/mol. The van der Waals surface area contributed by atoms with Gasteiger partial charge in [-0.05, 0) is 12.8 Å². The maximum Gasteiger partial charge on any atom is 0.235 e. The van der Waals surface area contributed by atoms with E-state index in [0.29, 0.717) is 25.8 Å². The Labute approximate surface area is 75.6 Å². The van der Waals surface area contributed by atoms with Crippen molar-refractivity contribution in [2.75, 3.05) is 13.1 Å². The summed E-state index contributed by atoms with van der Waals surface area (Å²) >= 11 is 0. The van der Waals surface area contributed by atoms with Crippen molar-refractivity contribution in [3.8, 4) is 0 Å². The standard InChI is InChI=1S/C8H10N2O3/c11-6-9-4-2-1-3-8(13)5-10-7-12/h1-5H2. The summed E-state index contributed by atoms with van der Waals surface area (Å²) < 4.78 is 0. The first-order chi connectivity index (χ1) is 6.31. The Kier molecular flexibility index (Phi) is 7.50. The molecule has 0 amide bonds. The Balaban J connectivity index is 3.36. The number of unbranched alkanes of at least 4 members (excludes halogenated alkanes) is 1. The van der Waals surface area contributed by atoms with Crippen LogP contribution >= 0.6 is 0 Å². The Morgan fingerprint density at radius 1 is 1.08 bits per heavy atom. The molecule has 0 aliphatic carbocycles. The van der Waals surface area contributed by atoms with Gasteiger partial charge in [-0.15, -0.1) is 0 Å². The zero-order valence-corrected chi connectivity index (χ0v) is 7.15. The normalized spacial score (nSPS) is 8.31. The van der Waals surface area contributed by atoms with Crippen LogP contribution in [0.5, 0.6) is 0 Å². The van der Waals surface area contributed by atoms with Crippen molar-refractivity contribution in [2.24, 2.45) is 9.98 Å². The molecule has 5 heteroatoms. The number of ketones is 1. The van der Waals surface area contributed by atoms with E-state index in [1.165, 1.54) is 12.2 Å². The summed E-state index contributed by atoms with van der Waals surface area (Å²) in [5.41, 5.74) is 0. The average Bonchev–Trinajstić information content (AvgIpc) is 2.14. The lowest BCUT2D eigenvalue weighted by atomic mass is 10.2. The minimum Gasteiger partial charge on any atom is -0.298 e. The fourth-order valence-electron chi connectivity index (χ4n) is 0.758. The van der Waals surface area contributed by atoms with Crippen LogP contribution in [0.4, 0.5) is 0 Å². The number of hydrogen-bond donors (Lipinski definition) is 0. The van der Waals surface area contributed by atoms with Gasteiger partial charge < -0.3 is 0 Å². The second-order valence-electron chi connectivity index (χ2n) is 2.38. The lowest BCUT2D eigenvalue weighted by Gasteiger charge is -1.93. The highest BCUT2D eigenvalue weighted by Crippen LogP contribution is 1.96. The van der Waals surface area contributed by atoms with Gasteiger partial charge in [0.25, 0.3) is 0 Å². The van der Waals surface area contributed by atoms with Gasteiger partial charge in [-0.25, -0.2) is 14.6 Å². The zero-order valence-electron chi connectivity index (χ0n) is 7.15. The van der Waals surface area contributed by atoms with Crippen LogP contribution in [0.3, 0.4) is 0 Å². The van der Waals surface area contributed by atoms with Crippen LogP contribution in [-0.2, 0) is 14.4 Å². The molecule has 0 aromatic rings. The Bertz CT molecular complexity index is 250. The summed E-state index contributed by atoms with van der Waals surface area (Å²) in [6.07, 6.45) is 4.39. The van der Waals surface area contributed by atoms with Crippen LogP contribution in [0.2, 0.25) is 0 Å². The van der Waals surface area contributed by atoms with Crippen LogP contribution in [0.15, 0.2) is 9.98 Å². The van der Waals surface area contributed by atoms with E-state index in [4.69, 9.17) is 0 Å². The second-order valence-corrected chi connectivity index (χ2v) is 2.38. The molecule has 0 unspecified atom stereocenters. The minimum atomic E-state index is -0.0987. The molecule has 0 radical (unpaired) electrons. The van der Waals surface area contributed by atoms with Gasteiger partial charge >= 0.3 is 0 Å². The number of isocyanates is 2. The molecule has 0 aliphatic heterocycles. The van der Waals surface area contributed by atoms with Gasteiger partial charge in [0.05, 0.1) is 6.54 Å². The first-order valence-corrected chi connectivity index (χ1v) is 3.90. The zero-order chi connectivity index (χ0) is 9.94. The molecule has 0 heterocycles. The first kappa shape index (κ1) is 11.4. The second kappa shape index (κ2) is 8.53. The molecular weight excluding hydrogens is 172 g/mol. The number of carbonyl (C=O) groups is 1. The maximum atomic E-state index is 10.9. The van der Waals surface area contributed by atoms with E-state index in [-0.39, 0.29) is 12.3 Å². The highest BCUT2D eigenvalue weighted by Gasteiger charge is 1.99. The molecule has 0 spiro atoms. The summed E-state index contributed by atoms with van der Waals surface area (Å²) in [5.74, 6) is -0.0987. The van der Waals surface area contributed by atoms with Crippen molar-refractivity contribution in [3.05, 3.63) is 0 Å². The molecule has 0 N–H and O–H groups in total. The molecule has 0 rings (SSSR count). The van der Waals surface area contributed by atoms with Gasteiger partial charge in [0.2, 0.25) is 12.2 Å². The molecule has 0 saturated carbocycles. The van der Waals surface area contributed by atoms with Gasteiger partial charge in [0, 0.05) is 6.42 Å².